The summed E-state index contributed by atoms with van der Waals surface area (Å²) in [6.45, 7) is 0. The summed E-state index contributed by atoms with van der Waals surface area (Å²) in [6, 6.07) is 3.47. The van der Waals surface area contributed by atoms with Gasteiger partial charge in [-0.25, -0.2) is 0 Å². The molecule has 62 valence electrons. The van der Waals surface area contributed by atoms with Gasteiger partial charge in [0.2, 0.25) is 0 Å². The molecule has 0 aliphatic rings. The van der Waals surface area contributed by atoms with Crippen LogP contribution in [0.1, 0.15) is 11.1 Å². The van der Waals surface area contributed by atoms with Crippen molar-refractivity contribution in [3.63, 3.8) is 0 Å². The van der Waals surface area contributed by atoms with Crippen molar-refractivity contribution in [3.8, 4) is 24.7 Å². The van der Waals surface area contributed by atoms with Gasteiger partial charge in [-0.05, 0) is 12.1 Å². The van der Waals surface area contributed by atoms with Crippen LogP contribution in [0.4, 0.5) is 0 Å². The van der Waals surface area contributed by atoms with E-state index in [9.17, 15) is 0 Å². The molecule has 1 heterocycles. The van der Waals surface area contributed by atoms with Gasteiger partial charge in [-0.2, -0.15) is 8.75 Å². The fourth-order valence-electron chi connectivity index (χ4n) is 0.624. The fraction of sp³-hybridized carbons (Fsp3) is 0. The second-order valence-corrected chi connectivity index (χ2v) is 2.67. The summed E-state index contributed by atoms with van der Waals surface area (Å²) >= 11 is 1.05. The molecule has 0 aliphatic heterocycles. The summed E-state index contributed by atoms with van der Waals surface area (Å²) in [5.41, 5.74) is 1.34. The Balaban J connectivity index is 3.35. The molecular formula is C10H6N2S. The van der Waals surface area contributed by atoms with Gasteiger partial charge < -0.3 is 0 Å². The molecule has 2 nitrogen and oxygen atoms in total. The zero-order chi connectivity index (χ0) is 9.52. The molecule has 0 amide bonds. The van der Waals surface area contributed by atoms with E-state index in [4.69, 9.17) is 12.8 Å². The van der Waals surface area contributed by atoms with Gasteiger partial charge in [-0.15, -0.1) is 12.8 Å². The minimum atomic E-state index is 0.672. The van der Waals surface area contributed by atoms with Gasteiger partial charge in [0.15, 0.2) is 0 Å². The summed E-state index contributed by atoms with van der Waals surface area (Å²) in [4.78, 5) is 0. The average molecular weight is 186 g/mol. The monoisotopic (exact) mass is 186 g/mol. The van der Waals surface area contributed by atoms with Crippen molar-refractivity contribution in [3.05, 3.63) is 35.7 Å². The highest BCUT2D eigenvalue weighted by atomic mass is 32.1. The van der Waals surface area contributed by atoms with Crippen molar-refractivity contribution in [1.82, 2.24) is 8.75 Å². The first-order chi connectivity index (χ1) is 6.36. The van der Waals surface area contributed by atoms with E-state index in [2.05, 4.69) is 20.6 Å². The lowest BCUT2D eigenvalue weighted by molar-refractivity contribution is 1.47. The Morgan fingerprint density at radius 3 is 1.85 bits per heavy atom. The normalized spacial score (nSPS) is 7.85. The van der Waals surface area contributed by atoms with Crippen LogP contribution in [-0.4, -0.2) is 8.75 Å². The van der Waals surface area contributed by atoms with E-state index in [-0.39, 0.29) is 0 Å². The lowest BCUT2D eigenvalue weighted by atomic mass is 10.3. The topological polar surface area (TPSA) is 25.8 Å². The molecule has 0 spiro atoms. The first-order valence-corrected chi connectivity index (χ1v) is 4.18. The lowest BCUT2D eigenvalue weighted by Crippen LogP contribution is -1.68. The molecule has 0 aromatic carbocycles. The smallest absolute Gasteiger partial charge is 0.0679 e. The molecule has 0 saturated carbocycles. The third-order valence-electron chi connectivity index (χ3n) is 1.25. The zero-order valence-corrected chi connectivity index (χ0v) is 7.58. The number of terminal acetylenes is 2. The molecule has 0 atom stereocenters. The van der Waals surface area contributed by atoms with E-state index < -0.39 is 0 Å². The molecule has 0 bridgehead atoms. The Kier molecular flexibility index (Phi) is 3.50. The van der Waals surface area contributed by atoms with E-state index in [0.29, 0.717) is 11.1 Å². The van der Waals surface area contributed by atoms with E-state index in [0.717, 1.165) is 11.7 Å². The second kappa shape index (κ2) is 4.92. The summed E-state index contributed by atoms with van der Waals surface area (Å²) in [5, 5.41) is 0. The maximum Gasteiger partial charge on any atom is 0.0679 e. The van der Waals surface area contributed by atoms with Gasteiger partial charge >= 0.3 is 0 Å². The molecular weight excluding hydrogens is 180 g/mol. The van der Waals surface area contributed by atoms with E-state index in [1.807, 2.05) is 0 Å². The highest BCUT2D eigenvalue weighted by Crippen LogP contribution is 1.94. The van der Waals surface area contributed by atoms with Crippen molar-refractivity contribution >= 4 is 11.7 Å². The largest absolute Gasteiger partial charge is 0.182 e. The number of aromatic nitrogens is 2. The van der Waals surface area contributed by atoms with Gasteiger partial charge in [-0.3, -0.25) is 0 Å². The van der Waals surface area contributed by atoms with Crippen LogP contribution in [-0.2, 0) is 0 Å². The predicted octanol–water partition coefficient (Wildman–Crippen LogP) is 1.63. The number of nitrogens with zero attached hydrogens (tertiary/aromatic N) is 2. The van der Waals surface area contributed by atoms with Gasteiger partial charge in [0, 0.05) is 11.1 Å². The van der Waals surface area contributed by atoms with Crippen LogP contribution in [0.5, 0.6) is 0 Å². The van der Waals surface area contributed by atoms with Crippen molar-refractivity contribution < 1.29 is 0 Å². The number of hydrogen-bond acceptors (Lipinski definition) is 3. The maximum absolute atomic E-state index is 5.22. The summed E-state index contributed by atoms with van der Waals surface area (Å²) in [7, 11) is 0. The van der Waals surface area contributed by atoms with Crippen molar-refractivity contribution in [1.29, 1.82) is 0 Å². The highest BCUT2D eigenvalue weighted by molar-refractivity contribution is 6.98. The first kappa shape index (κ1) is 9.25. The van der Waals surface area contributed by atoms with E-state index in [1.54, 1.807) is 24.5 Å². The van der Waals surface area contributed by atoms with Gasteiger partial charge in [0.25, 0.3) is 0 Å². The standard InChI is InChI=1S/C10H6N2S/c1-3-9-5-6-10(4-2)8-12-13-11-7-9/h1-2,5-8H. The maximum atomic E-state index is 5.22. The molecule has 3 heteroatoms. The number of rotatable bonds is 0. The summed E-state index contributed by atoms with van der Waals surface area (Å²) in [5.74, 6) is 4.95. The van der Waals surface area contributed by atoms with Crippen molar-refractivity contribution in [2.45, 2.75) is 0 Å². The molecule has 0 aliphatic carbocycles. The highest BCUT2D eigenvalue weighted by Gasteiger charge is 1.82. The SMILES string of the molecule is C#Cc1ccc(C#C)cnsnc1. The third-order valence-corrected chi connectivity index (χ3v) is 1.65. The van der Waals surface area contributed by atoms with E-state index >= 15 is 0 Å². The van der Waals surface area contributed by atoms with Gasteiger partial charge in [0.1, 0.15) is 0 Å². The Morgan fingerprint density at radius 1 is 1.00 bits per heavy atom. The minimum Gasteiger partial charge on any atom is -0.182 e. The minimum absolute atomic E-state index is 0.672. The molecule has 0 N–H and O–H groups in total. The van der Waals surface area contributed by atoms with Crippen LogP contribution < -0.4 is 0 Å². The van der Waals surface area contributed by atoms with Crippen LogP contribution in [0.2, 0.25) is 0 Å². The van der Waals surface area contributed by atoms with Gasteiger partial charge in [0.05, 0.1) is 24.1 Å². The van der Waals surface area contributed by atoms with Crippen LogP contribution >= 0.6 is 11.7 Å². The molecule has 1 aromatic heterocycles. The molecule has 0 fully saturated rings. The summed E-state index contributed by atoms with van der Waals surface area (Å²) < 4.78 is 7.79. The van der Waals surface area contributed by atoms with Crippen molar-refractivity contribution in [2.75, 3.05) is 0 Å². The van der Waals surface area contributed by atoms with Crippen LogP contribution in [0.15, 0.2) is 24.5 Å². The Labute approximate surface area is 81.3 Å². The molecule has 0 radical (unpaired) electrons. The average Bonchev–Trinajstić information content (AvgIpc) is 2.28. The molecule has 13 heavy (non-hydrogen) atoms. The molecule has 1 aromatic rings. The summed E-state index contributed by atoms with van der Waals surface area (Å²) in [6.07, 6.45) is 13.6. The Hall–Kier alpha value is -1.84. The molecule has 0 saturated heterocycles. The fourth-order valence-corrected chi connectivity index (χ4v) is 1.00. The quantitative estimate of drug-likeness (QED) is 0.575. The van der Waals surface area contributed by atoms with E-state index in [1.165, 1.54) is 0 Å². The second-order valence-electron chi connectivity index (χ2n) is 2.08. The predicted molar refractivity (Wildman–Crippen MR) is 53.4 cm³/mol. The Bertz CT molecular complexity index is 380. The third kappa shape index (κ3) is 2.94. The lowest BCUT2D eigenvalue weighted by Gasteiger charge is -1.79. The molecule has 1 rings (SSSR count). The number of hydrogen-bond donors (Lipinski definition) is 0. The first-order valence-electron chi connectivity index (χ1n) is 3.45. The van der Waals surface area contributed by atoms with Crippen LogP contribution in [0.25, 0.3) is 0 Å². The van der Waals surface area contributed by atoms with Gasteiger partial charge in [-0.1, -0.05) is 11.8 Å². The van der Waals surface area contributed by atoms with Crippen LogP contribution in [0.3, 0.4) is 0 Å². The zero-order valence-electron chi connectivity index (χ0n) is 6.77. The Morgan fingerprint density at radius 2 is 1.46 bits per heavy atom. The van der Waals surface area contributed by atoms with Crippen LogP contribution in [0, 0.1) is 24.7 Å². The van der Waals surface area contributed by atoms with Crippen molar-refractivity contribution in [2.24, 2.45) is 0 Å². The molecule has 0 unspecified atom stereocenters.